The number of benzene rings is 2. The van der Waals surface area contributed by atoms with Gasteiger partial charge in [-0.3, -0.25) is 20.2 Å². The highest BCUT2D eigenvalue weighted by molar-refractivity contribution is 7.14. The summed E-state index contributed by atoms with van der Waals surface area (Å²) in [5, 5.41) is 16.3. The number of nitrogens with one attached hydrogen (secondary N) is 1. The topological polar surface area (TPSA) is 97.6 Å². The molecule has 1 aliphatic rings. The highest BCUT2D eigenvalue weighted by atomic mass is 32.1. The largest absolute Gasteiger partial charge is 0.496 e. The number of ether oxygens (including phenoxy) is 1. The number of rotatable bonds is 6. The lowest BCUT2D eigenvalue weighted by atomic mass is 10.1. The monoisotopic (exact) mass is 438 g/mol. The van der Waals surface area contributed by atoms with Crippen LogP contribution in [-0.4, -0.2) is 36.0 Å². The van der Waals surface area contributed by atoms with Crippen LogP contribution in [-0.2, 0) is 0 Å². The van der Waals surface area contributed by atoms with Gasteiger partial charge in [-0.2, -0.15) is 0 Å². The number of methoxy groups -OCH3 is 1. The minimum atomic E-state index is -0.486. The molecule has 0 atom stereocenters. The van der Waals surface area contributed by atoms with E-state index in [1.54, 1.807) is 13.2 Å². The second-order valence-electron chi connectivity index (χ2n) is 7.20. The van der Waals surface area contributed by atoms with Crippen molar-refractivity contribution in [2.45, 2.75) is 19.3 Å². The van der Waals surface area contributed by atoms with E-state index < -0.39 is 10.8 Å². The summed E-state index contributed by atoms with van der Waals surface area (Å²) in [6, 6.07) is 12.0. The lowest BCUT2D eigenvalue weighted by molar-refractivity contribution is -0.384. The van der Waals surface area contributed by atoms with Gasteiger partial charge < -0.3 is 9.64 Å². The molecule has 1 N–H and O–H groups in total. The molecule has 4 rings (SSSR count). The Morgan fingerprint density at radius 2 is 1.97 bits per heavy atom. The molecule has 2 heterocycles. The molecule has 2 aromatic carbocycles. The van der Waals surface area contributed by atoms with Gasteiger partial charge in [0.2, 0.25) is 0 Å². The Kier molecular flexibility index (Phi) is 6.13. The number of carbonyl (C=O) groups is 1. The molecule has 160 valence electrons. The van der Waals surface area contributed by atoms with E-state index in [1.165, 1.54) is 23.5 Å². The first-order valence-corrected chi connectivity index (χ1v) is 10.9. The minimum absolute atomic E-state index is 0.111. The van der Waals surface area contributed by atoms with Gasteiger partial charge in [-0.05, 0) is 37.5 Å². The molecule has 0 saturated carbocycles. The molecular formula is C22H22N4O4S. The van der Waals surface area contributed by atoms with Crippen molar-refractivity contribution in [3.63, 3.8) is 0 Å². The van der Waals surface area contributed by atoms with E-state index in [9.17, 15) is 14.9 Å². The fourth-order valence-electron chi connectivity index (χ4n) is 3.71. The van der Waals surface area contributed by atoms with Crippen LogP contribution in [0.3, 0.4) is 0 Å². The molecule has 0 unspecified atom stereocenters. The lowest BCUT2D eigenvalue weighted by Gasteiger charge is -2.30. The Morgan fingerprint density at radius 1 is 1.19 bits per heavy atom. The first kappa shape index (κ1) is 20.8. The number of thiazole rings is 1. The summed E-state index contributed by atoms with van der Waals surface area (Å²) in [7, 11) is 1.60. The summed E-state index contributed by atoms with van der Waals surface area (Å²) in [5.41, 5.74) is 2.40. The van der Waals surface area contributed by atoms with Crippen LogP contribution in [0.2, 0.25) is 0 Å². The van der Waals surface area contributed by atoms with Crippen molar-refractivity contribution in [1.82, 2.24) is 4.98 Å². The van der Waals surface area contributed by atoms with E-state index in [2.05, 4.69) is 15.2 Å². The van der Waals surface area contributed by atoms with E-state index in [-0.39, 0.29) is 11.3 Å². The molecule has 31 heavy (non-hydrogen) atoms. The molecule has 1 saturated heterocycles. The fraction of sp³-hybridized carbons (Fsp3) is 0.273. The van der Waals surface area contributed by atoms with Gasteiger partial charge in [0.15, 0.2) is 5.13 Å². The molecule has 1 amide bonds. The van der Waals surface area contributed by atoms with Gasteiger partial charge >= 0.3 is 0 Å². The van der Waals surface area contributed by atoms with E-state index in [1.807, 2.05) is 29.6 Å². The van der Waals surface area contributed by atoms with Gasteiger partial charge in [-0.15, -0.1) is 11.3 Å². The molecule has 9 heteroatoms. The second kappa shape index (κ2) is 9.13. The molecular weight excluding hydrogens is 416 g/mol. The van der Waals surface area contributed by atoms with E-state index in [4.69, 9.17) is 4.74 Å². The smallest absolute Gasteiger partial charge is 0.270 e. The van der Waals surface area contributed by atoms with E-state index in [0.29, 0.717) is 22.3 Å². The van der Waals surface area contributed by atoms with Gasteiger partial charge in [0.25, 0.3) is 11.6 Å². The highest BCUT2D eigenvalue weighted by Crippen LogP contribution is 2.33. The number of nitro groups is 1. The second-order valence-corrected chi connectivity index (χ2v) is 8.06. The molecule has 0 bridgehead atoms. The predicted molar refractivity (Wildman–Crippen MR) is 121 cm³/mol. The zero-order valence-corrected chi connectivity index (χ0v) is 17.9. The number of aromatic nitrogens is 1. The normalized spacial score (nSPS) is 13.6. The van der Waals surface area contributed by atoms with Crippen molar-refractivity contribution < 1.29 is 14.5 Å². The van der Waals surface area contributed by atoms with E-state index >= 15 is 0 Å². The fourth-order valence-corrected chi connectivity index (χ4v) is 4.41. The quantitative estimate of drug-likeness (QED) is 0.431. The predicted octanol–water partition coefficient (Wildman–Crippen LogP) is 4.97. The van der Waals surface area contributed by atoms with Crippen molar-refractivity contribution in [2.75, 3.05) is 30.4 Å². The third kappa shape index (κ3) is 4.51. The summed E-state index contributed by atoms with van der Waals surface area (Å²) in [6.07, 6.45) is 3.22. The van der Waals surface area contributed by atoms with Crippen LogP contribution >= 0.6 is 11.3 Å². The van der Waals surface area contributed by atoms with Crippen LogP contribution in [0.15, 0.2) is 47.8 Å². The summed E-state index contributed by atoms with van der Waals surface area (Å²) in [6.45, 7) is 1.65. The summed E-state index contributed by atoms with van der Waals surface area (Å²) >= 11 is 1.29. The molecule has 1 fully saturated rings. The average molecular weight is 439 g/mol. The van der Waals surface area contributed by atoms with Crippen molar-refractivity contribution >= 4 is 33.8 Å². The number of para-hydroxylation sites is 1. The van der Waals surface area contributed by atoms with Crippen molar-refractivity contribution in [2.24, 2.45) is 0 Å². The third-order valence-electron chi connectivity index (χ3n) is 5.24. The Bertz CT molecular complexity index is 1110. The number of non-ortho nitro benzene ring substituents is 1. The molecule has 0 spiro atoms. The SMILES string of the molecule is COc1ccccc1-c1csc(NC(=O)c2cc([N+](=O)[O-])ccc2N2CCCCC2)n1. The van der Waals surface area contributed by atoms with Gasteiger partial charge in [-0.25, -0.2) is 4.98 Å². The Morgan fingerprint density at radius 3 is 2.71 bits per heavy atom. The Hall–Kier alpha value is -3.46. The summed E-state index contributed by atoms with van der Waals surface area (Å²) < 4.78 is 5.39. The Labute approximate surface area is 183 Å². The minimum Gasteiger partial charge on any atom is -0.496 e. The molecule has 8 nitrogen and oxygen atoms in total. The molecule has 1 aromatic heterocycles. The maximum Gasteiger partial charge on any atom is 0.270 e. The van der Waals surface area contributed by atoms with Crippen LogP contribution in [0.4, 0.5) is 16.5 Å². The molecule has 1 aliphatic heterocycles. The number of anilines is 2. The number of piperidine rings is 1. The average Bonchev–Trinajstić information content (AvgIpc) is 3.27. The summed E-state index contributed by atoms with van der Waals surface area (Å²) in [4.78, 5) is 30.5. The molecule has 0 aliphatic carbocycles. The van der Waals surface area contributed by atoms with Crippen molar-refractivity contribution in [1.29, 1.82) is 0 Å². The zero-order valence-electron chi connectivity index (χ0n) is 17.0. The van der Waals surface area contributed by atoms with Crippen molar-refractivity contribution in [3.8, 4) is 17.0 Å². The number of hydrogen-bond acceptors (Lipinski definition) is 7. The van der Waals surface area contributed by atoms with Crippen molar-refractivity contribution in [3.05, 3.63) is 63.5 Å². The van der Waals surface area contributed by atoms with Crippen LogP contribution in [0, 0.1) is 10.1 Å². The van der Waals surface area contributed by atoms with Gasteiger partial charge in [-0.1, -0.05) is 12.1 Å². The zero-order chi connectivity index (χ0) is 21.8. The number of amides is 1. The number of nitro benzene ring substituents is 1. The molecule has 0 radical (unpaired) electrons. The van der Waals surface area contributed by atoms with Crippen LogP contribution < -0.4 is 15.0 Å². The van der Waals surface area contributed by atoms with Gasteiger partial charge in [0, 0.05) is 36.2 Å². The van der Waals surface area contributed by atoms with Gasteiger partial charge in [0.1, 0.15) is 5.75 Å². The van der Waals surface area contributed by atoms with E-state index in [0.717, 1.165) is 37.9 Å². The number of carbonyl (C=O) groups excluding carboxylic acids is 1. The maximum absolute atomic E-state index is 13.1. The van der Waals surface area contributed by atoms with Crippen LogP contribution in [0.5, 0.6) is 5.75 Å². The van der Waals surface area contributed by atoms with Crippen LogP contribution in [0.1, 0.15) is 29.6 Å². The summed E-state index contributed by atoms with van der Waals surface area (Å²) in [5.74, 6) is 0.280. The Balaban J connectivity index is 1.61. The lowest BCUT2D eigenvalue weighted by Crippen LogP contribution is -2.31. The molecule has 3 aromatic rings. The third-order valence-corrected chi connectivity index (χ3v) is 6.00. The number of hydrogen-bond donors (Lipinski definition) is 1. The maximum atomic E-state index is 13.1. The first-order valence-electron chi connectivity index (χ1n) is 10.0. The first-order chi connectivity index (χ1) is 15.1. The highest BCUT2D eigenvalue weighted by Gasteiger charge is 2.23. The number of nitrogens with zero attached hydrogens (tertiary/aromatic N) is 3. The van der Waals surface area contributed by atoms with Gasteiger partial charge in [0.05, 0.1) is 29.0 Å². The van der Waals surface area contributed by atoms with Crippen LogP contribution in [0.25, 0.3) is 11.3 Å². The standard InChI is InChI=1S/C22H22N4O4S/c1-30-20-8-4-3-7-16(20)18-14-31-22(23-18)24-21(27)17-13-15(26(28)29)9-10-19(17)25-11-5-2-6-12-25/h3-4,7-10,13-14H,2,5-6,11-12H2,1H3,(H,23,24,27).